The Morgan fingerprint density at radius 2 is 1.93 bits per heavy atom. The number of aryl methyl sites for hydroxylation is 3. The van der Waals surface area contributed by atoms with Crippen LogP contribution in [0.25, 0.3) is 0 Å². The fourth-order valence-electron chi connectivity index (χ4n) is 2.89. The second-order valence-corrected chi connectivity index (χ2v) is 7.86. The second-order valence-electron chi connectivity index (χ2n) is 6.59. The molecular weight excluding hydrogens is 376 g/mol. The first-order valence-electron chi connectivity index (χ1n) is 9.25. The predicted octanol–water partition coefficient (Wildman–Crippen LogP) is 4.66. The smallest absolute Gasteiger partial charge is 0.191 e. The van der Waals surface area contributed by atoms with Crippen LogP contribution in [0.2, 0.25) is 5.02 Å². The monoisotopic (exact) mass is 400 g/mol. The molecule has 0 saturated carbocycles. The molecule has 27 heavy (non-hydrogen) atoms. The molecule has 3 aromatic rings. The summed E-state index contributed by atoms with van der Waals surface area (Å²) in [5.74, 6) is 0.747. The molecule has 0 aliphatic rings. The number of rotatable bonds is 8. The second kappa shape index (κ2) is 9.83. The van der Waals surface area contributed by atoms with Gasteiger partial charge in [-0.3, -0.25) is 0 Å². The molecule has 6 heteroatoms. The van der Waals surface area contributed by atoms with E-state index in [2.05, 4.69) is 27.1 Å². The van der Waals surface area contributed by atoms with Crippen LogP contribution >= 0.6 is 22.9 Å². The van der Waals surface area contributed by atoms with Crippen LogP contribution in [-0.4, -0.2) is 16.1 Å². The summed E-state index contributed by atoms with van der Waals surface area (Å²) in [7, 11) is 0. The van der Waals surface area contributed by atoms with Crippen LogP contribution in [0, 0.1) is 6.92 Å². The van der Waals surface area contributed by atoms with E-state index < -0.39 is 0 Å². The van der Waals surface area contributed by atoms with Crippen LogP contribution in [0.5, 0.6) is 0 Å². The summed E-state index contributed by atoms with van der Waals surface area (Å²) in [4.78, 5) is 10.1. The molecule has 0 bridgehead atoms. The van der Waals surface area contributed by atoms with Crippen molar-refractivity contribution >= 4 is 28.8 Å². The molecule has 0 aliphatic heterocycles. The molecule has 2 aromatic heterocycles. The summed E-state index contributed by atoms with van der Waals surface area (Å²) in [5, 5.41) is 3.00. The van der Waals surface area contributed by atoms with Gasteiger partial charge in [0, 0.05) is 28.8 Å². The summed E-state index contributed by atoms with van der Waals surface area (Å²) in [5.41, 5.74) is 9.51. The third kappa shape index (κ3) is 5.76. The Bertz CT molecular complexity index is 911. The van der Waals surface area contributed by atoms with Crippen molar-refractivity contribution in [3.8, 4) is 0 Å². The molecule has 2 heterocycles. The lowest BCUT2D eigenvalue weighted by Gasteiger charge is -2.08. The zero-order chi connectivity index (χ0) is 19.1. The van der Waals surface area contributed by atoms with Gasteiger partial charge in [0.15, 0.2) is 10.6 Å². The van der Waals surface area contributed by atoms with Crippen molar-refractivity contribution in [2.24, 2.45) is 10.7 Å². The molecule has 1 aromatic carbocycles. The van der Waals surface area contributed by atoms with E-state index in [1.165, 1.54) is 11.3 Å². The molecule has 0 aliphatic carbocycles. The summed E-state index contributed by atoms with van der Waals surface area (Å²) in [6.07, 6.45) is 5.93. The molecule has 0 unspecified atom stereocenters. The van der Waals surface area contributed by atoms with Gasteiger partial charge >= 0.3 is 0 Å². The minimum absolute atomic E-state index is 0.676. The van der Waals surface area contributed by atoms with Gasteiger partial charge in [-0.1, -0.05) is 29.8 Å². The highest BCUT2D eigenvalue weighted by Crippen LogP contribution is 2.14. The van der Waals surface area contributed by atoms with E-state index in [1.807, 2.05) is 37.4 Å². The Morgan fingerprint density at radius 3 is 2.63 bits per heavy atom. The number of thiazole rings is 1. The molecule has 4 nitrogen and oxygen atoms in total. The fraction of sp³-hybridized carbons (Fsp3) is 0.333. The van der Waals surface area contributed by atoms with Gasteiger partial charge in [0.25, 0.3) is 0 Å². The molecular formula is C21H25ClN4S. The Labute approximate surface area is 169 Å². The third-order valence-electron chi connectivity index (χ3n) is 4.38. The van der Waals surface area contributed by atoms with Gasteiger partial charge in [0.05, 0.1) is 0 Å². The molecule has 0 saturated heterocycles. The van der Waals surface area contributed by atoms with Gasteiger partial charge in [0.1, 0.15) is 0 Å². The Morgan fingerprint density at radius 1 is 1.11 bits per heavy atom. The van der Waals surface area contributed by atoms with Gasteiger partial charge in [-0.05, 0) is 68.5 Å². The minimum atomic E-state index is 0.676. The molecule has 0 radical (unpaired) electrons. The SMILES string of the molecule is Cc1ccc(N=c2scc(CCCc3ccc(Cl)cc3)n2CCCN)nc1. The molecule has 0 fully saturated rings. The first-order chi connectivity index (χ1) is 13.2. The highest BCUT2D eigenvalue weighted by molar-refractivity contribution is 7.07. The molecule has 0 amide bonds. The molecule has 0 atom stereocenters. The Balaban J connectivity index is 1.75. The largest absolute Gasteiger partial charge is 0.330 e. The summed E-state index contributed by atoms with van der Waals surface area (Å²) in [6.45, 7) is 3.60. The lowest BCUT2D eigenvalue weighted by atomic mass is 10.1. The van der Waals surface area contributed by atoms with Gasteiger partial charge in [0.2, 0.25) is 0 Å². The number of benzene rings is 1. The van der Waals surface area contributed by atoms with E-state index in [0.29, 0.717) is 6.54 Å². The van der Waals surface area contributed by atoms with Gasteiger partial charge in [-0.25, -0.2) is 9.98 Å². The molecule has 0 spiro atoms. The highest BCUT2D eigenvalue weighted by atomic mass is 35.5. The van der Waals surface area contributed by atoms with Crippen LogP contribution in [0.15, 0.2) is 53.0 Å². The lowest BCUT2D eigenvalue weighted by Crippen LogP contribution is -2.19. The van der Waals surface area contributed by atoms with E-state index in [1.54, 1.807) is 11.3 Å². The maximum Gasteiger partial charge on any atom is 0.191 e. The molecule has 3 rings (SSSR count). The number of aromatic nitrogens is 2. The highest BCUT2D eigenvalue weighted by Gasteiger charge is 2.06. The number of nitrogens with zero attached hydrogens (tertiary/aromatic N) is 3. The van der Waals surface area contributed by atoms with E-state index in [-0.39, 0.29) is 0 Å². The number of pyridine rings is 1. The zero-order valence-corrected chi connectivity index (χ0v) is 17.1. The number of hydrogen-bond donors (Lipinski definition) is 1. The molecule has 142 valence electrons. The normalized spacial score (nSPS) is 11.9. The Hall–Kier alpha value is -1.95. The van der Waals surface area contributed by atoms with Gasteiger partial charge in [-0.15, -0.1) is 11.3 Å². The minimum Gasteiger partial charge on any atom is -0.330 e. The third-order valence-corrected chi connectivity index (χ3v) is 5.55. The van der Waals surface area contributed by atoms with Crippen molar-refractivity contribution in [2.75, 3.05) is 6.54 Å². The van der Waals surface area contributed by atoms with Crippen molar-refractivity contribution in [2.45, 2.75) is 39.2 Å². The van der Waals surface area contributed by atoms with Crippen molar-refractivity contribution in [1.82, 2.24) is 9.55 Å². The maximum atomic E-state index is 5.96. The van der Waals surface area contributed by atoms with Crippen LogP contribution < -0.4 is 10.5 Å². The standard InChI is InChI=1S/C21H25ClN4S/c1-16-6-11-20(24-14-16)25-21-26(13-3-12-23)19(15-27-21)5-2-4-17-7-9-18(22)10-8-17/h6-11,14-15H,2-5,12-13,23H2,1H3. The summed E-state index contributed by atoms with van der Waals surface area (Å²) in [6, 6.07) is 12.1. The number of nitrogens with two attached hydrogens (primary N) is 1. The van der Waals surface area contributed by atoms with Gasteiger partial charge in [-0.2, -0.15) is 0 Å². The van der Waals surface area contributed by atoms with Crippen molar-refractivity contribution in [1.29, 1.82) is 0 Å². The van der Waals surface area contributed by atoms with E-state index >= 15 is 0 Å². The lowest BCUT2D eigenvalue weighted by molar-refractivity contribution is 0.599. The quantitative estimate of drug-likeness (QED) is 0.597. The van der Waals surface area contributed by atoms with Crippen LogP contribution in [0.3, 0.4) is 0 Å². The van der Waals surface area contributed by atoms with E-state index in [4.69, 9.17) is 22.3 Å². The van der Waals surface area contributed by atoms with Crippen molar-refractivity contribution in [3.05, 3.63) is 74.6 Å². The van der Waals surface area contributed by atoms with Crippen molar-refractivity contribution in [3.63, 3.8) is 0 Å². The predicted molar refractivity (Wildman–Crippen MR) is 114 cm³/mol. The topological polar surface area (TPSA) is 56.2 Å². The maximum absolute atomic E-state index is 5.96. The number of halogens is 1. The van der Waals surface area contributed by atoms with Gasteiger partial charge < -0.3 is 10.3 Å². The molecule has 2 N–H and O–H groups in total. The van der Waals surface area contributed by atoms with Crippen molar-refractivity contribution < 1.29 is 0 Å². The van der Waals surface area contributed by atoms with E-state index in [0.717, 1.165) is 53.4 Å². The van der Waals surface area contributed by atoms with Crippen LogP contribution in [-0.2, 0) is 19.4 Å². The van der Waals surface area contributed by atoms with E-state index in [9.17, 15) is 0 Å². The summed E-state index contributed by atoms with van der Waals surface area (Å²) < 4.78 is 2.29. The summed E-state index contributed by atoms with van der Waals surface area (Å²) >= 11 is 7.63. The average molecular weight is 401 g/mol. The Kier molecular flexibility index (Phi) is 7.21. The fourth-order valence-corrected chi connectivity index (χ4v) is 3.98. The average Bonchev–Trinajstić information content (AvgIpc) is 3.05. The first-order valence-corrected chi connectivity index (χ1v) is 10.5. The zero-order valence-electron chi connectivity index (χ0n) is 15.6. The van der Waals surface area contributed by atoms with Crippen LogP contribution in [0.1, 0.15) is 29.7 Å². The number of hydrogen-bond acceptors (Lipinski definition) is 4. The first kappa shape index (κ1) is 19.8. The van der Waals surface area contributed by atoms with Crippen LogP contribution in [0.4, 0.5) is 5.82 Å².